The van der Waals surface area contributed by atoms with Gasteiger partial charge in [-0.1, -0.05) is 44.0 Å². The van der Waals surface area contributed by atoms with Crippen LogP contribution in [0.25, 0.3) is 0 Å². The van der Waals surface area contributed by atoms with Crippen LogP contribution in [0.5, 0.6) is 17.2 Å². The van der Waals surface area contributed by atoms with Gasteiger partial charge in [-0.05, 0) is 75.6 Å². The summed E-state index contributed by atoms with van der Waals surface area (Å²) in [5.41, 5.74) is 0.0769. The summed E-state index contributed by atoms with van der Waals surface area (Å²) < 4.78 is 154. The van der Waals surface area contributed by atoms with Crippen LogP contribution in [0.15, 0.2) is 63.5 Å². The lowest BCUT2D eigenvalue weighted by atomic mass is 9.78. The molecule has 3 aromatic carbocycles. The summed E-state index contributed by atoms with van der Waals surface area (Å²) in [5, 5.41) is 8.77. The van der Waals surface area contributed by atoms with Gasteiger partial charge in [0.05, 0.1) is 31.0 Å². The van der Waals surface area contributed by atoms with Gasteiger partial charge < -0.3 is 47.6 Å². The first-order valence-corrected chi connectivity index (χ1v) is 17.4. The molecule has 0 aromatic heterocycles. The molecule has 0 atom stereocenters. The number of rotatable bonds is 13. The summed E-state index contributed by atoms with van der Waals surface area (Å²) in [7, 11) is 2.16. The third-order valence-electron chi connectivity index (χ3n) is 7.42. The lowest BCUT2D eigenvalue weighted by Crippen LogP contribution is -2.41. The maximum absolute atomic E-state index is 12.6. The third-order valence-corrected chi connectivity index (χ3v) is 8.41. The Morgan fingerprint density at radius 2 is 0.946 bits per heavy atom. The molecule has 22 heteroatoms. The normalized spacial score (nSPS) is 15.0. The SMILES string of the molecule is COCOCc1cc(B2OC(C)(C)C(C)(C)O2)ccc1OC(F)(F)F.COCOCc1cc(Br)ccc1OC(F)(F)F.OCc1cc(Br)ccc1OC(F)(F)F. The maximum Gasteiger partial charge on any atom is 0.573 e. The number of alkyl halides is 9. The van der Waals surface area contributed by atoms with Crippen molar-refractivity contribution in [3.63, 3.8) is 0 Å². The van der Waals surface area contributed by atoms with Gasteiger partial charge in [0.15, 0.2) is 0 Å². The van der Waals surface area contributed by atoms with Gasteiger partial charge in [0.2, 0.25) is 0 Å². The molecule has 1 heterocycles. The van der Waals surface area contributed by atoms with Crippen molar-refractivity contribution in [2.75, 3.05) is 27.8 Å². The quantitative estimate of drug-likeness (QED) is 0.0773. The largest absolute Gasteiger partial charge is 0.573 e. The van der Waals surface area contributed by atoms with Crippen LogP contribution in [-0.2, 0) is 48.1 Å². The Hall–Kier alpha value is -2.83. The van der Waals surface area contributed by atoms with Crippen LogP contribution in [0.2, 0.25) is 0 Å². The number of hydrogen-bond donors (Lipinski definition) is 1. The lowest BCUT2D eigenvalue weighted by Gasteiger charge is -2.32. The van der Waals surface area contributed by atoms with Crippen molar-refractivity contribution in [2.24, 2.45) is 0 Å². The Kier molecular flexibility index (Phi) is 18.7. The first kappa shape index (κ1) is 49.3. The third kappa shape index (κ3) is 17.3. The predicted molar refractivity (Wildman–Crippen MR) is 190 cm³/mol. The first-order chi connectivity index (χ1) is 25.8. The van der Waals surface area contributed by atoms with E-state index in [0.717, 1.165) is 6.07 Å². The van der Waals surface area contributed by atoms with E-state index in [4.69, 9.17) is 28.6 Å². The van der Waals surface area contributed by atoms with E-state index >= 15 is 0 Å². The number of benzene rings is 3. The van der Waals surface area contributed by atoms with Gasteiger partial charge in [-0.3, -0.25) is 0 Å². The van der Waals surface area contributed by atoms with Crippen molar-refractivity contribution in [3.8, 4) is 17.2 Å². The Morgan fingerprint density at radius 3 is 1.32 bits per heavy atom. The van der Waals surface area contributed by atoms with Crippen LogP contribution in [-0.4, -0.2) is 70.3 Å². The minimum Gasteiger partial charge on any atom is -0.405 e. The summed E-state index contributed by atoms with van der Waals surface area (Å²) >= 11 is 6.23. The highest BCUT2D eigenvalue weighted by molar-refractivity contribution is 9.10. The Balaban J connectivity index is 0.000000306. The molecule has 0 unspecified atom stereocenters. The van der Waals surface area contributed by atoms with Gasteiger partial charge >= 0.3 is 26.2 Å². The van der Waals surface area contributed by atoms with Crippen LogP contribution < -0.4 is 19.7 Å². The highest BCUT2D eigenvalue weighted by Crippen LogP contribution is 2.37. The maximum atomic E-state index is 12.6. The van der Waals surface area contributed by atoms with E-state index in [1.165, 1.54) is 62.8 Å². The zero-order chi connectivity index (χ0) is 42.5. The van der Waals surface area contributed by atoms with Crippen molar-refractivity contribution in [3.05, 3.63) is 80.2 Å². The number of aliphatic hydroxyl groups is 1. The van der Waals surface area contributed by atoms with E-state index < -0.39 is 44.0 Å². The molecule has 314 valence electrons. The lowest BCUT2D eigenvalue weighted by molar-refractivity contribution is -0.276. The molecule has 0 spiro atoms. The van der Waals surface area contributed by atoms with Crippen LogP contribution in [0.4, 0.5) is 39.5 Å². The molecule has 1 aliphatic rings. The molecule has 1 saturated heterocycles. The highest BCUT2D eigenvalue weighted by Gasteiger charge is 2.52. The summed E-state index contributed by atoms with van der Waals surface area (Å²) in [4.78, 5) is 0. The number of halogens is 11. The number of hydrogen-bond acceptors (Lipinski definition) is 10. The van der Waals surface area contributed by atoms with Crippen molar-refractivity contribution in [1.82, 2.24) is 0 Å². The van der Waals surface area contributed by atoms with E-state index in [9.17, 15) is 39.5 Å². The zero-order valence-electron chi connectivity index (χ0n) is 30.6. The monoisotopic (exact) mass is 946 g/mol. The topological polar surface area (TPSA) is 103 Å². The molecule has 1 fully saturated rings. The molecule has 0 aliphatic carbocycles. The molecule has 56 heavy (non-hydrogen) atoms. The standard InChI is InChI=1S/C16H22BF3O5.C10H10BrF3O3.C8H6BrF3O2/c1-14(2)15(3,4)25-17(24-14)12-6-7-13(23-16(18,19)20)11(8-12)9-22-10-21-5;1-15-6-16-5-7-4-8(11)2-3-9(7)17-10(12,13)14;9-6-1-2-7(5(3-6)4-13)14-8(10,11)12/h6-8H,9-10H2,1-5H3;2-4H,5-6H2,1H3;1-3,13H,4H2. The van der Waals surface area contributed by atoms with Crippen molar-refractivity contribution < 1.29 is 87.1 Å². The molecular weight excluding hydrogens is 910 g/mol. The van der Waals surface area contributed by atoms with E-state index in [2.05, 4.69) is 50.8 Å². The second-order valence-corrected chi connectivity index (χ2v) is 14.1. The predicted octanol–water partition coefficient (Wildman–Crippen LogP) is 9.31. The molecule has 0 saturated carbocycles. The fourth-order valence-electron chi connectivity index (χ4n) is 4.31. The summed E-state index contributed by atoms with van der Waals surface area (Å²) in [6, 6.07) is 12.3. The smallest absolute Gasteiger partial charge is 0.405 e. The van der Waals surface area contributed by atoms with Gasteiger partial charge in [-0.2, -0.15) is 0 Å². The Bertz CT molecular complexity index is 1660. The minimum atomic E-state index is -4.79. The number of ether oxygens (including phenoxy) is 7. The first-order valence-electron chi connectivity index (χ1n) is 15.9. The highest BCUT2D eigenvalue weighted by atomic mass is 79.9. The van der Waals surface area contributed by atoms with Crippen LogP contribution in [0.1, 0.15) is 44.4 Å². The summed E-state index contributed by atoms with van der Waals surface area (Å²) in [6.07, 6.45) is -14.2. The molecule has 10 nitrogen and oxygen atoms in total. The molecule has 0 bridgehead atoms. The van der Waals surface area contributed by atoms with Gasteiger partial charge in [0.25, 0.3) is 0 Å². The molecule has 1 aliphatic heterocycles. The van der Waals surface area contributed by atoms with Crippen molar-refractivity contribution in [2.45, 2.75) is 77.8 Å². The Labute approximate surface area is 333 Å². The summed E-state index contributed by atoms with van der Waals surface area (Å²) in [5.74, 6) is -0.996. The molecule has 3 aromatic rings. The fraction of sp³-hybridized carbons (Fsp3) is 0.471. The summed E-state index contributed by atoms with van der Waals surface area (Å²) in [6.45, 7) is 6.90. The van der Waals surface area contributed by atoms with E-state index in [1.807, 2.05) is 27.7 Å². The molecule has 4 rings (SSSR count). The zero-order valence-corrected chi connectivity index (χ0v) is 33.8. The van der Waals surface area contributed by atoms with Crippen LogP contribution in [0.3, 0.4) is 0 Å². The van der Waals surface area contributed by atoms with E-state index in [0.29, 0.717) is 14.4 Å². The second kappa shape index (κ2) is 21.3. The van der Waals surface area contributed by atoms with Gasteiger partial charge in [0, 0.05) is 39.9 Å². The number of aliphatic hydroxyl groups excluding tert-OH is 1. The second-order valence-electron chi connectivity index (χ2n) is 12.3. The van der Waals surface area contributed by atoms with Crippen molar-refractivity contribution in [1.29, 1.82) is 0 Å². The van der Waals surface area contributed by atoms with E-state index in [-0.39, 0.29) is 60.7 Å². The molecule has 0 radical (unpaired) electrons. The van der Waals surface area contributed by atoms with Gasteiger partial charge in [-0.15, -0.1) is 39.5 Å². The van der Waals surface area contributed by atoms with Crippen LogP contribution in [0, 0.1) is 0 Å². The number of methoxy groups -OCH3 is 2. The fourth-order valence-corrected chi connectivity index (χ4v) is 5.13. The Morgan fingerprint density at radius 1 is 0.589 bits per heavy atom. The van der Waals surface area contributed by atoms with Gasteiger partial charge in [0.1, 0.15) is 30.8 Å². The van der Waals surface area contributed by atoms with Crippen molar-refractivity contribution >= 4 is 44.4 Å². The van der Waals surface area contributed by atoms with E-state index in [1.54, 1.807) is 0 Å². The average molecular weight is 948 g/mol. The minimum absolute atomic E-state index is 0.00201. The molecule has 0 amide bonds. The van der Waals surface area contributed by atoms with Crippen LogP contribution >= 0.6 is 31.9 Å². The van der Waals surface area contributed by atoms with Gasteiger partial charge in [-0.25, -0.2) is 0 Å². The average Bonchev–Trinajstić information content (AvgIpc) is 3.28. The molecular formula is C34H38BBr2F9O10. The molecule has 1 N–H and O–H groups in total.